The van der Waals surface area contributed by atoms with Gasteiger partial charge >= 0.3 is 5.97 Å². The summed E-state index contributed by atoms with van der Waals surface area (Å²) in [5.74, 6) is -0.253. The van der Waals surface area contributed by atoms with E-state index in [-0.39, 0.29) is 11.3 Å². The lowest BCUT2D eigenvalue weighted by atomic mass is 10.1. The number of benzene rings is 2. The molecule has 0 radical (unpaired) electrons. The van der Waals surface area contributed by atoms with Gasteiger partial charge in [0.25, 0.3) is 5.69 Å². The lowest BCUT2D eigenvalue weighted by molar-refractivity contribution is -0.385. The van der Waals surface area contributed by atoms with Gasteiger partial charge in [0.1, 0.15) is 5.75 Å². The second-order valence-corrected chi connectivity index (χ2v) is 5.02. The Morgan fingerprint density at radius 1 is 1.20 bits per heavy atom. The van der Waals surface area contributed by atoms with Gasteiger partial charge in [-0.3, -0.25) is 10.1 Å². The Bertz CT molecular complexity index is 667. The summed E-state index contributed by atoms with van der Waals surface area (Å²) >= 11 is 3.27. The van der Waals surface area contributed by atoms with Gasteiger partial charge < -0.3 is 4.74 Å². The molecule has 5 nitrogen and oxygen atoms in total. The summed E-state index contributed by atoms with van der Waals surface area (Å²) in [6.07, 6.45) is 0. The molecule has 0 aliphatic carbocycles. The van der Waals surface area contributed by atoms with Gasteiger partial charge in [0, 0.05) is 16.1 Å². The molecule has 2 rings (SSSR count). The predicted octanol–water partition coefficient (Wildman–Crippen LogP) is 3.88. The third-order valence-corrected chi connectivity index (χ3v) is 3.19. The van der Waals surface area contributed by atoms with Gasteiger partial charge in [0.15, 0.2) is 0 Å². The number of ether oxygens (including phenoxy) is 1. The molecule has 0 unspecified atom stereocenters. The van der Waals surface area contributed by atoms with Crippen molar-refractivity contribution in [2.24, 2.45) is 0 Å². The van der Waals surface area contributed by atoms with E-state index in [1.54, 1.807) is 31.2 Å². The van der Waals surface area contributed by atoms with Gasteiger partial charge in [-0.25, -0.2) is 4.79 Å². The highest BCUT2D eigenvalue weighted by Crippen LogP contribution is 2.21. The van der Waals surface area contributed by atoms with Crippen molar-refractivity contribution >= 4 is 27.6 Å². The lowest BCUT2D eigenvalue weighted by Gasteiger charge is -2.05. The minimum atomic E-state index is -0.629. The van der Waals surface area contributed by atoms with E-state index in [9.17, 15) is 14.9 Å². The third-order valence-electron chi connectivity index (χ3n) is 2.67. The summed E-state index contributed by atoms with van der Waals surface area (Å²) in [6, 6.07) is 11.0. The quantitative estimate of drug-likeness (QED) is 0.369. The fraction of sp³-hybridized carbons (Fsp3) is 0.0714. The lowest BCUT2D eigenvalue weighted by Crippen LogP contribution is -2.09. The molecule has 0 amide bonds. The number of halogens is 1. The summed E-state index contributed by atoms with van der Waals surface area (Å²) in [5.41, 5.74) is 0.538. The number of carbonyl (C=O) groups excluding carboxylic acids is 1. The number of aryl methyl sites for hydroxylation is 1. The number of esters is 1. The van der Waals surface area contributed by atoms with Crippen molar-refractivity contribution in [2.45, 2.75) is 6.92 Å². The molecule has 0 N–H and O–H groups in total. The zero-order valence-corrected chi connectivity index (χ0v) is 12.1. The first-order valence-corrected chi connectivity index (χ1v) is 6.49. The largest absolute Gasteiger partial charge is 0.423 e. The number of hydrogen-bond donors (Lipinski definition) is 0. The Balaban J connectivity index is 2.23. The molecule has 0 fully saturated rings. The van der Waals surface area contributed by atoms with E-state index < -0.39 is 10.9 Å². The molecule has 0 aliphatic rings. The van der Waals surface area contributed by atoms with Crippen LogP contribution in [0.3, 0.4) is 0 Å². The van der Waals surface area contributed by atoms with Gasteiger partial charge in [-0.15, -0.1) is 0 Å². The van der Waals surface area contributed by atoms with Crippen LogP contribution in [0, 0.1) is 17.0 Å². The van der Waals surface area contributed by atoms with E-state index in [1.807, 2.05) is 0 Å². The summed E-state index contributed by atoms with van der Waals surface area (Å²) in [4.78, 5) is 22.2. The monoisotopic (exact) mass is 335 g/mol. The summed E-state index contributed by atoms with van der Waals surface area (Å²) in [7, 11) is 0. The number of hydrogen-bond acceptors (Lipinski definition) is 4. The normalized spacial score (nSPS) is 10.1. The molecule has 0 aliphatic heterocycles. The van der Waals surface area contributed by atoms with Gasteiger partial charge in [0.2, 0.25) is 0 Å². The molecule has 0 aromatic heterocycles. The molecule has 0 spiro atoms. The first kappa shape index (κ1) is 14.2. The second-order valence-electron chi connectivity index (χ2n) is 4.10. The predicted molar refractivity (Wildman–Crippen MR) is 76.9 cm³/mol. The smallest absolute Gasteiger partial charge is 0.343 e. The fourth-order valence-corrected chi connectivity index (χ4v) is 1.87. The minimum Gasteiger partial charge on any atom is -0.423 e. The molecule has 102 valence electrons. The Kier molecular flexibility index (Phi) is 4.14. The van der Waals surface area contributed by atoms with Crippen LogP contribution in [0.4, 0.5) is 5.69 Å². The van der Waals surface area contributed by atoms with Gasteiger partial charge in [-0.2, -0.15) is 0 Å². The molecule has 0 saturated carbocycles. The van der Waals surface area contributed by atoms with Crippen molar-refractivity contribution < 1.29 is 14.5 Å². The topological polar surface area (TPSA) is 69.4 Å². The van der Waals surface area contributed by atoms with Crippen molar-refractivity contribution in [1.29, 1.82) is 0 Å². The van der Waals surface area contributed by atoms with Gasteiger partial charge in [-0.05, 0) is 37.3 Å². The molecule has 0 atom stereocenters. The molecular weight excluding hydrogens is 326 g/mol. The summed E-state index contributed by atoms with van der Waals surface area (Å²) < 4.78 is 6.01. The zero-order chi connectivity index (χ0) is 14.7. The van der Waals surface area contributed by atoms with Gasteiger partial charge in [-0.1, -0.05) is 22.0 Å². The highest BCUT2D eigenvalue weighted by Gasteiger charge is 2.16. The molecule has 2 aromatic rings. The number of carbonyl (C=O) groups is 1. The molecule has 6 heteroatoms. The average Bonchev–Trinajstić information content (AvgIpc) is 2.41. The van der Waals surface area contributed by atoms with Crippen molar-refractivity contribution in [2.75, 3.05) is 0 Å². The van der Waals surface area contributed by atoms with Crippen molar-refractivity contribution in [3.63, 3.8) is 0 Å². The Morgan fingerprint density at radius 2 is 1.85 bits per heavy atom. The minimum absolute atomic E-state index is 0.102. The maximum atomic E-state index is 11.9. The van der Waals surface area contributed by atoms with Crippen LogP contribution in [0.5, 0.6) is 5.75 Å². The van der Waals surface area contributed by atoms with Crippen LogP contribution in [0.25, 0.3) is 0 Å². The first-order chi connectivity index (χ1) is 9.47. The first-order valence-electron chi connectivity index (χ1n) is 5.70. The summed E-state index contributed by atoms with van der Waals surface area (Å²) in [6.45, 7) is 1.61. The third kappa shape index (κ3) is 3.21. The van der Waals surface area contributed by atoms with E-state index >= 15 is 0 Å². The number of nitro groups is 1. The van der Waals surface area contributed by atoms with E-state index in [0.29, 0.717) is 11.3 Å². The standard InChI is InChI=1S/C14H10BrNO4/c1-9-2-3-10(8-13(9)16(18)19)14(17)20-12-6-4-11(15)5-7-12/h2-8H,1H3. The molecule has 0 saturated heterocycles. The zero-order valence-electron chi connectivity index (χ0n) is 10.5. The number of nitro benzene ring substituents is 1. The highest BCUT2D eigenvalue weighted by molar-refractivity contribution is 9.10. The van der Waals surface area contributed by atoms with E-state index in [1.165, 1.54) is 18.2 Å². The molecule has 0 bridgehead atoms. The van der Waals surface area contributed by atoms with E-state index in [2.05, 4.69) is 15.9 Å². The average molecular weight is 336 g/mol. The number of nitrogens with zero attached hydrogens (tertiary/aromatic N) is 1. The SMILES string of the molecule is Cc1ccc(C(=O)Oc2ccc(Br)cc2)cc1[N+](=O)[O-]. The number of rotatable bonds is 3. The van der Waals surface area contributed by atoms with Crippen LogP contribution in [-0.2, 0) is 0 Å². The van der Waals surface area contributed by atoms with Crippen LogP contribution < -0.4 is 4.74 Å². The Hall–Kier alpha value is -2.21. The molecular formula is C14H10BrNO4. The van der Waals surface area contributed by atoms with Crippen LogP contribution in [-0.4, -0.2) is 10.9 Å². The van der Waals surface area contributed by atoms with Crippen LogP contribution >= 0.6 is 15.9 Å². The molecule has 2 aromatic carbocycles. The van der Waals surface area contributed by atoms with E-state index in [0.717, 1.165) is 4.47 Å². The maximum absolute atomic E-state index is 11.9. The second kappa shape index (κ2) is 5.83. The van der Waals surface area contributed by atoms with E-state index in [4.69, 9.17) is 4.74 Å². The van der Waals surface area contributed by atoms with Crippen molar-refractivity contribution in [3.8, 4) is 5.75 Å². The van der Waals surface area contributed by atoms with Crippen LogP contribution in [0.15, 0.2) is 46.9 Å². The van der Waals surface area contributed by atoms with Crippen LogP contribution in [0.2, 0.25) is 0 Å². The molecule has 20 heavy (non-hydrogen) atoms. The fourth-order valence-electron chi connectivity index (χ4n) is 1.60. The Labute approximate surface area is 123 Å². The highest BCUT2D eigenvalue weighted by atomic mass is 79.9. The van der Waals surface area contributed by atoms with Crippen LogP contribution in [0.1, 0.15) is 15.9 Å². The van der Waals surface area contributed by atoms with Crippen molar-refractivity contribution in [3.05, 3.63) is 68.2 Å². The Morgan fingerprint density at radius 3 is 2.45 bits per heavy atom. The molecule has 0 heterocycles. The van der Waals surface area contributed by atoms with Gasteiger partial charge in [0.05, 0.1) is 10.5 Å². The summed E-state index contributed by atoms with van der Waals surface area (Å²) in [5, 5.41) is 10.8. The van der Waals surface area contributed by atoms with Crippen molar-refractivity contribution in [1.82, 2.24) is 0 Å². The maximum Gasteiger partial charge on any atom is 0.343 e.